The minimum atomic E-state index is 0.0496. The minimum Gasteiger partial charge on any atom is -0.398 e. The second-order valence-electron chi connectivity index (χ2n) is 4.70. The summed E-state index contributed by atoms with van der Waals surface area (Å²) in [4.78, 5) is 14.0. The highest BCUT2D eigenvalue weighted by molar-refractivity contribution is 6.03. The Bertz CT molecular complexity index is 453. The van der Waals surface area contributed by atoms with E-state index < -0.39 is 0 Å². The second-order valence-corrected chi connectivity index (χ2v) is 4.70. The molecule has 90 valence electrons. The molecule has 2 aliphatic heterocycles. The zero-order valence-corrected chi connectivity index (χ0v) is 9.69. The Hall–Kier alpha value is -1.55. The maximum absolute atomic E-state index is 12.2. The van der Waals surface area contributed by atoms with Crippen molar-refractivity contribution < 1.29 is 9.53 Å². The Balaban J connectivity index is 1.79. The lowest BCUT2D eigenvalue weighted by Crippen LogP contribution is -2.32. The van der Waals surface area contributed by atoms with Crippen LogP contribution >= 0.6 is 0 Å². The molecule has 1 aromatic carbocycles. The van der Waals surface area contributed by atoms with Crippen molar-refractivity contribution in [3.63, 3.8) is 0 Å². The van der Waals surface area contributed by atoms with Crippen molar-refractivity contribution in [1.29, 1.82) is 0 Å². The first-order valence-corrected chi connectivity index (χ1v) is 6.04. The van der Waals surface area contributed by atoms with Crippen LogP contribution in [0.25, 0.3) is 0 Å². The van der Waals surface area contributed by atoms with Gasteiger partial charge in [-0.25, -0.2) is 0 Å². The van der Waals surface area contributed by atoms with E-state index in [9.17, 15) is 4.79 Å². The van der Waals surface area contributed by atoms with Gasteiger partial charge in [0, 0.05) is 25.4 Å². The Morgan fingerprint density at radius 2 is 2.35 bits per heavy atom. The van der Waals surface area contributed by atoms with Crippen LogP contribution in [0.2, 0.25) is 0 Å². The Morgan fingerprint density at radius 3 is 3.06 bits per heavy atom. The Morgan fingerprint density at radius 1 is 1.47 bits per heavy atom. The van der Waals surface area contributed by atoms with E-state index in [0.29, 0.717) is 24.3 Å². The number of ether oxygens (including phenoxy) is 1. The van der Waals surface area contributed by atoms with Gasteiger partial charge in [0.15, 0.2) is 0 Å². The first-order valence-electron chi connectivity index (χ1n) is 6.04. The summed E-state index contributed by atoms with van der Waals surface area (Å²) in [7, 11) is 0. The summed E-state index contributed by atoms with van der Waals surface area (Å²) in [6, 6.07) is 5.66. The number of hydrogen-bond donors (Lipinski definition) is 1. The van der Waals surface area contributed by atoms with Gasteiger partial charge in [-0.05, 0) is 24.5 Å². The van der Waals surface area contributed by atoms with Crippen molar-refractivity contribution in [2.75, 3.05) is 18.9 Å². The third-order valence-electron chi connectivity index (χ3n) is 3.49. The largest absolute Gasteiger partial charge is 0.398 e. The molecule has 1 aromatic rings. The fourth-order valence-corrected chi connectivity index (χ4v) is 2.63. The number of hydrogen-bond acceptors (Lipinski definition) is 3. The van der Waals surface area contributed by atoms with Gasteiger partial charge in [0.05, 0.1) is 11.7 Å². The highest BCUT2D eigenvalue weighted by Crippen LogP contribution is 2.28. The molecule has 0 bridgehead atoms. The van der Waals surface area contributed by atoms with Crippen LogP contribution in [0.15, 0.2) is 18.2 Å². The normalized spacial score (nSPS) is 23.2. The standard InChI is InChI=1S/C13H16N2O2/c14-11-5-1-3-9-7-15(13(16)12(9)11)8-10-4-2-6-17-10/h1,3,5,10H,2,4,6-8,14H2. The maximum Gasteiger partial charge on any atom is 0.256 e. The molecule has 2 aliphatic rings. The van der Waals surface area contributed by atoms with Gasteiger partial charge in [-0.1, -0.05) is 12.1 Å². The van der Waals surface area contributed by atoms with E-state index in [0.717, 1.165) is 25.0 Å². The third kappa shape index (κ3) is 1.78. The molecule has 17 heavy (non-hydrogen) atoms. The van der Waals surface area contributed by atoms with Gasteiger partial charge in [0.25, 0.3) is 5.91 Å². The van der Waals surface area contributed by atoms with Crippen molar-refractivity contribution >= 4 is 11.6 Å². The van der Waals surface area contributed by atoms with Gasteiger partial charge in [0.1, 0.15) is 0 Å². The monoisotopic (exact) mass is 232 g/mol. The number of carbonyl (C=O) groups is 1. The molecule has 1 amide bonds. The lowest BCUT2D eigenvalue weighted by atomic mass is 10.1. The molecular formula is C13H16N2O2. The van der Waals surface area contributed by atoms with E-state index >= 15 is 0 Å². The number of benzene rings is 1. The smallest absolute Gasteiger partial charge is 0.256 e. The van der Waals surface area contributed by atoms with Crippen LogP contribution in [0.3, 0.4) is 0 Å². The van der Waals surface area contributed by atoms with Crippen LogP contribution in [0.4, 0.5) is 5.69 Å². The lowest BCUT2D eigenvalue weighted by Gasteiger charge is -2.19. The number of anilines is 1. The van der Waals surface area contributed by atoms with Gasteiger partial charge < -0.3 is 15.4 Å². The van der Waals surface area contributed by atoms with Gasteiger partial charge in [0.2, 0.25) is 0 Å². The van der Waals surface area contributed by atoms with Crippen LogP contribution in [0.1, 0.15) is 28.8 Å². The highest BCUT2D eigenvalue weighted by atomic mass is 16.5. The average molecular weight is 232 g/mol. The fourth-order valence-electron chi connectivity index (χ4n) is 2.63. The number of fused-ring (bicyclic) bond motifs is 1. The highest BCUT2D eigenvalue weighted by Gasteiger charge is 2.31. The van der Waals surface area contributed by atoms with E-state index in [-0.39, 0.29) is 12.0 Å². The van der Waals surface area contributed by atoms with Gasteiger partial charge >= 0.3 is 0 Å². The summed E-state index contributed by atoms with van der Waals surface area (Å²) in [6.07, 6.45) is 2.35. The summed E-state index contributed by atoms with van der Waals surface area (Å²) in [5.41, 5.74) is 8.16. The maximum atomic E-state index is 12.2. The van der Waals surface area contributed by atoms with Gasteiger partial charge in [-0.2, -0.15) is 0 Å². The topological polar surface area (TPSA) is 55.6 Å². The van der Waals surface area contributed by atoms with Crippen molar-refractivity contribution in [3.05, 3.63) is 29.3 Å². The summed E-state index contributed by atoms with van der Waals surface area (Å²) in [5, 5.41) is 0. The Labute approximate surface area is 100 Å². The molecule has 2 N–H and O–H groups in total. The minimum absolute atomic E-state index is 0.0496. The zero-order chi connectivity index (χ0) is 11.8. The number of nitrogens with zero attached hydrogens (tertiary/aromatic N) is 1. The number of rotatable bonds is 2. The van der Waals surface area contributed by atoms with E-state index in [2.05, 4.69) is 0 Å². The summed E-state index contributed by atoms with van der Waals surface area (Å²) in [5.74, 6) is 0.0496. The van der Waals surface area contributed by atoms with E-state index in [1.165, 1.54) is 0 Å². The van der Waals surface area contributed by atoms with Gasteiger partial charge in [-0.15, -0.1) is 0 Å². The number of amides is 1. The first-order chi connectivity index (χ1) is 8.25. The second kappa shape index (κ2) is 4.04. The summed E-state index contributed by atoms with van der Waals surface area (Å²) in [6.45, 7) is 2.17. The molecule has 2 heterocycles. The molecule has 1 saturated heterocycles. The Kier molecular flexibility index (Phi) is 2.52. The SMILES string of the molecule is Nc1cccc2c1C(=O)N(CC1CCCO1)C2. The molecule has 3 rings (SSSR count). The molecule has 0 aromatic heterocycles. The molecule has 1 atom stereocenters. The molecule has 0 saturated carbocycles. The van der Waals surface area contributed by atoms with Crippen molar-refractivity contribution in [2.45, 2.75) is 25.5 Å². The zero-order valence-electron chi connectivity index (χ0n) is 9.69. The average Bonchev–Trinajstić information content (AvgIpc) is 2.90. The van der Waals surface area contributed by atoms with E-state index in [1.807, 2.05) is 17.0 Å². The van der Waals surface area contributed by atoms with Crippen LogP contribution in [-0.2, 0) is 11.3 Å². The van der Waals surface area contributed by atoms with Crippen molar-refractivity contribution in [3.8, 4) is 0 Å². The number of nitrogens with two attached hydrogens (primary N) is 1. The van der Waals surface area contributed by atoms with Crippen molar-refractivity contribution in [2.24, 2.45) is 0 Å². The van der Waals surface area contributed by atoms with Crippen LogP contribution in [0.5, 0.6) is 0 Å². The van der Waals surface area contributed by atoms with Crippen molar-refractivity contribution in [1.82, 2.24) is 4.90 Å². The van der Waals surface area contributed by atoms with Crippen LogP contribution in [0, 0.1) is 0 Å². The lowest BCUT2D eigenvalue weighted by molar-refractivity contribution is 0.0546. The molecule has 4 nitrogen and oxygen atoms in total. The van der Waals surface area contributed by atoms with E-state index in [1.54, 1.807) is 6.07 Å². The third-order valence-corrected chi connectivity index (χ3v) is 3.49. The fraction of sp³-hybridized carbons (Fsp3) is 0.462. The predicted molar refractivity (Wildman–Crippen MR) is 64.6 cm³/mol. The molecule has 1 fully saturated rings. The number of carbonyl (C=O) groups excluding carboxylic acids is 1. The quantitative estimate of drug-likeness (QED) is 0.784. The predicted octanol–water partition coefficient (Wildman–Crippen LogP) is 1.40. The van der Waals surface area contributed by atoms with Crippen LogP contribution < -0.4 is 5.73 Å². The molecule has 0 spiro atoms. The molecular weight excluding hydrogens is 216 g/mol. The van der Waals surface area contributed by atoms with Crippen LogP contribution in [-0.4, -0.2) is 30.1 Å². The first kappa shape index (κ1) is 10.6. The molecule has 0 aliphatic carbocycles. The summed E-state index contributed by atoms with van der Waals surface area (Å²) >= 11 is 0. The molecule has 0 radical (unpaired) electrons. The summed E-state index contributed by atoms with van der Waals surface area (Å²) < 4.78 is 5.57. The molecule has 1 unspecified atom stereocenters. The van der Waals surface area contributed by atoms with E-state index in [4.69, 9.17) is 10.5 Å². The van der Waals surface area contributed by atoms with Gasteiger partial charge in [-0.3, -0.25) is 4.79 Å². The number of nitrogen functional groups attached to an aromatic ring is 1. The molecule has 4 heteroatoms.